The van der Waals surface area contributed by atoms with Gasteiger partial charge in [-0.3, -0.25) is 0 Å². The van der Waals surface area contributed by atoms with E-state index in [4.69, 9.17) is 0 Å². The molecule has 3 fully saturated rings. The Labute approximate surface area is 176 Å². The van der Waals surface area contributed by atoms with Gasteiger partial charge < -0.3 is 20.4 Å². The quantitative estimate of drug-likeness (QED) is 0.483. The molecular formula is C23H38N6. The topological polar surface area (TPSA) is 78.1 Å². The summed E-state index contributed by atoms with van der Waals surface area (Å²) < 4.78 is 0. The van der Waals surface area contributed by atoms with Crippen molar-refractivity contribution in [3.8, 4) is 12.1 Å². The molecule has 29 heavy (non-hydrogen) atoms. The number of piperidine rings is 1. The average Bonchev–Trinajstić information content (AvgIpc) is 3.33. The lowest BCUT2D eigenvalue weighted by molar-refractivity contribution is 0.210. The molecular weight excluding hydrogens is 360 g/mol. The molecule has 3 aliphatic rings. The summed E-state index contributed by atoms with van der Waals surface area (Å²) in [6.45, 7) is 9.56. The number of rotatable bonds is 8. The average molecular weight is 399 g/mol. The second-order valence-corrected chi connectivity index (χ2v) is 9.20. The Kier molecular flexibility index (Phi) is 8.21. The zero-order chi connectivity index (χ0) is 20.6. The van der Waals surface area contributed by atoms with Crippen molar-refractivity contribution in [2.24, 2.45) is 5.92 Å². The molecule has 2 heterocycles. The van der Waals surface area contributed by atoms with Crippen molar-refractivity contribution in [2.45, 2.75) is 83.3 Å². The van der Waals surface area contributed by atoms with Crippen LogP contribution in [0.25, 0.3) is 0 Å². The first-order valence-corrected chi connectivity index (χ1v) is 11.7. The number of hydrogen-bond donors (Lipinski definition) is 2. The lowest BCUT2D eigenvalue weighted by atomic mass is 10.00. The molecule has 6 heteroatoms. The zero-order valence-electron chi connectivity index (χ0n) is 18.3. The third kappa shape index (κ3) is 5.87. The summed E-state index contributed by atoms with van der Waals surface area (Å²) in [6.07, 6.45) is 9.78. The van der Waals surface area contributed by atoms with E-state index in [2.05, 4.69) is 46.4 Å². The highest BCUT2D eigenvalue weighted by Crippen LogP contribution is 2.27. The molecule has 0 radical (unpaired) electrons. The van der Waals surface area contributed by atoms with Crippen LogP contribution in [0.5, 0.6) is 0 Å². The Hall–Kier alpha value is -1.76. The summed E-state index contributed by atoms with van der Waals surface area (Å²) in [7, 11) is 0. The molecule has 0 aromatic carbocycles. The first-order valence-electron chi connectivity index (χ1n) is 11.7. The van der Waals surface area contributed by atoms with Crippen LogP contribution < -0.4 is 10.6 Å². The van der Waals surface area contributed by atoms with Gasteiger partial charge in [0.2, 0.25) is 0 Å². The monoisotopic (exact) mass is 398 g/mol. The minimum Gasteiger partial charge on any atom is -0.370 e. The van der Waals surface area contributed by atoms with E-state index >= 15 is 0 Å². The van der Waals surface area contributed by atoms with E-state index in [1.807, 2.05) is 0 Å². The van der Waals surface area contributed by atoms with E-state index in [9.17, 15) is 10.5 Å². The molecule has 0 spiro atoms. The van der Waals surface area contributed by atoms with Gasteiger partial charge in [-0.2, -0.15) is 10.5 Å². The van der Waals surface area contributed by atoms with E-state index < -0.39 is 0 Å². The normalized spacial score (nSPS) is 28.1. The number of likely N-dealkylation sites (tertiary alicyclic amines) is 2. The van der Waals surface area contributed by atoms with Crippen molar-refractivity contribution in [1.29, 1.82) is 10.5 Å². The number of hydrogen-bond acceptors (Lipinski definition) is 6. The second-order valence-electron chi connectivity index (χ2n) is 9.20. The molecule has 3 unspecified atom stereocenters. The van der Waals surface area contributed by atoms with Crippen LogP contribution in [0.3, 0.4) is 0 Å². The molecule has 1 saturated carbocycles. The van der Waals surface area contributed by atoms with E-state index in [0.29, 0.717) is 18.1 Å². The fourth-order valence-electron chi connectivity index (χ4n) is 5.27. The standard InChI is InChI=1S/C23H38N6/c1-18-6-3-8-22(18)27-21-9-14-29(15-10-21)23(20(16-24)17-25)26-11-5-13-28-12-4-7-19(28)2/h18-19,21-22,26-27H,3-15H2,1-2H3. The fourth-order valence-corrected chi connectivity index (χ4v) is 5.27. The van der Waals surface area contributed by atoms with Crippen molar-refractivity contribution in [2.75, 3.05) is 32.7 Å². The molecule has 1 aliphatic carbocycles. The van der Waals surface area contributed by atoms with Gasteiger partial charge >= 0.3 is 0 Å². The van der Waals surface area contributed by atoms with E-state index in [1.54, 1.807) is 0 Å². The van der Waals surface area contributed by atoms with Gasteiger partial charge in [0.15, 0.2) is 5.57 Å². The summed E-state index contributed by atoms with van der Waals surface area (Å²) in [4.78, 5) is 4.76. The van der Waals surface area contributed by atoms with Gasteiger partial charge in [-0.1, -0.05) is 13.3 Å². The lowest BCUT2D eigenvalue weighted by Crippen LogP contribution is -2.48. The van der Waals surface area contributed by atoms with Gasteiger partial charge in [-0.05, 0) is 64.3 Å². The summed E-state index contributed by atoms with van der Waals surface area (Å²) in [6, 6.07) is 6.12. The third-order valence-electron chi connectivity index (χ3n) is 7.19. The van der Waals surface area contributed by atoms with Gasteiger partial charge in [-0.25, -0.2) is 0 Å². The molecule has 0 bridgehead atoms. The number of nitriles is 2. The summed E-state index contributed by atoms with van der Waals surface area (Å²) >= 11 is 0. The van der Waals surface area contributed by atoms with Crippen LogP contribution in [0, 0.1) is 28.6 Å². The van der Waals surface area contributed by atoms with Crippen molar-refractivity contribution in [3.05, 3.63) is 11.4 Å². The Bertz CT molecular complexity index is 621. The Morgan fingerprint density at radius 1 is 0.966 bits per heavy atom. The van der Waals surface area contributed by atoms with E-state index in [0.717, 1.165) is 57.2 Å². The molecule has 2 N–H and O–H groups in total. The SMILES string of the molecule is CC1CCCC1NC1CCN(C(NCCCN2CCCC2C)=C(C#N)C#N)CC1. The molecule has 2 aliphatic heterocycles. The zero-order valence-corrected chi connectivity index (χ0v) is 18.3. The summed E-state index contributed by atoms with van der Waals surface area (Å²) in [5.41, 5.74) is 0.218. The van der Waals surface area contributed by atoms with Crippen LogP contribution in [0.15, 0.2) is 11.4 Å². The van der Waals surface area contributed by atoms with Crippen LogP contribution in [0.4, 0.5) is 0 Å². The number of nitrogens with zero attached hydrogens (tertiary/aromatic N) is 4. The minimum atomic E-state index is 0.218. The molecule has 3 atom stereocenters. The maximum atomic E-state index is 9.44. The largest absolute Gasteiger partial charge is 0.370 e. The van der Waals surface area contributed by atoms with Gasteiger partial charge in [0.1, 0.15) is 18.0 Å². The van der Waals surface area contributed by atoms with Gasteiger partial charge in [0.25, 0.3) is 0 Å². The van der Waals surface area contributed by atoms with Crippen molar-refractivity contribution >= 4 is 0 Å². The first kappa shape index (κ1) is 21.9. The van der Waals surface area contributed by atoms with Crippen molar-refractivity contribution in [3.63, 3.8) is 0 Å². The minimum absolute atomic E-state index is 0.218. The predicted molar refractivity (Wildman–Crippen MR) is 116 cm³/mol. The maximum absolute atomic E-state index is 9.44. The Morgan fingerprint density at radius 2 is 1.72 bits per heavy atom. The van der Waals surface area contributed by atoms with Gasteiger partial charge in [0, 0.05) is 44.3 Å². The first-order chi connectivity index (χ1) is 14.1. The van der Waals surface area contributed by atoms with Crippen LogP contribution >= 0.6 is 0 Å². The van der Waals surface area contributed by atoms with Crippen molar-refractivity contribution < 1.29 is 0 Å². The molecule has 6 nitrogen and oxygen atoms in total. The Balaban J connectivity index is 1.48. The fraction of sp³-hybridized carbons (Fsp3) is 0.826. The predicted octanol–water partition coefficient (Wildman–Crippen LogP) is 2.95. The Morgan fingerprint density at radius 3 is 2.31 bits per heavy atom. The summed E-state index contributed by atoms with van der Waals surface area (Å²) in [5, 5.41) is 26.2. The van der Waals surface area contributed by atoms with Crippen LogP contribution in [0.2, 0.25) is 0 Å². The number of nitrogens with one attached hydrogen (secondary N) is 2. The van der Waals surface area contributed by atoms with Crippen LogP contribution in [-0.2, 0) is 0 Å². The third-order valence-corrected chi connectivity index (χ3v) is 7.19. The second kappa shape index (κ2) is 10.9. The lowest BCUT2D eigenvalue weighted by Gasteiger charge is -2.37. The van der Waals surface area contributed by atoms with Crippen LogP contribution in [-0.4, -0.2) is 60.6 Å². The maximum Gasteiger partial charge on any atom is 0.169 e. The molecule has 2 saturated heterocycles. The highest BCUT2D eigenvalue weighted by Gasteiger charge is 2.29. The van der Waals surface area contributed by atoms with E-state index in [1.165, 1.54) is 38.6 Å². The van der Waals surface area contributed by atoms with Gasteiger partial charge in [0.05, 0.1) is 0 Å². The van der Waals surface area contributed by atoms with E-state index in [-0.39, 0.29) is 5.57 Å². The van der Waals surface area contributed by atoms with Crippen LogP contribution in [0.1, 0.15) is 65.2 Å². The van der Waals surface area contributed by atoms with Crippen molar-refractivity contribution in [1.82, 2.24) is 20.4 Å². The molecule has 0 aromatic rings. The highest BCUT2D eigenvalue weighted by atomic mass is 15.3. The highest BCUT2D eigenvalue weighted by molar-refractivity contribution is 5.39. The molecule has 0 aromatic heterocycles. The van der Waals surface area contributed by atoms with Gasteiger partial charge in [-0.15, -0.1) is 0 Å². The molecule has 3 rings (SSSR count). The molecule has 0 amide bonds. The smallest absolute Gasteiger partial charge is 0.169 e. The molecule has 160 valence electrons. The summed E-state index contributed by atoms with van der Waals surface area (Å²) in [5.74, 6) is 1.53. The number of allylic oxidation sites excluding steroid dienone is 1.